The number of anilines is 2. The first-order chi connectivity index (χ1) is 17.1. The van der Waals surface area contributed by atoms with E-state index in [0.717, 1.165) is 31.9 Å². The molecule has 1 aromatic heterocycles. The zero-order chi connectivity index (χ0) is 26.3. The van der Waals surface area contributed by atoms with E-state index >= 15 is 0 Å². The predicted molar refractivity (Wildman–Crippen MR) is 125 cm³/mol. The number of aliphatic carboxylic acids is 1. The third-order valence-corrected chi connectivity index (χ3v) is 5.55. The monoisotopic (exact) mass is 507 g/mol. The first-order valence-corrected chi connectivity index (χ1v) is 10.9. The van der Waals surface area contributed by atoms with Crippen LogP contribution in [0.4, 0.5) is 28.9 Å². The molecule has 1 fully saturated rings. The normalized spacial score (nSPS) is 14.1. The number of rotatable bonds is 5. The lowest BCUT2D eigenvalue weighted by Crippen LogP contribution is -2.44. The first kappa shape index (κ1) is 26.7. The van der Waals surface area contributed by atoms with Crippen LogP contribution in [0, 0.1) is 5.82 Å². The minimum Gasteiger partial charge on any atom is -0.475 e. The number of alkyl halides is 3. The van der Waals surface area contributed by atoms with Crippen LogP contribution in [-0.4, -0.2) is 71.5 Å². The number of nitrogens with zero attached hydrogens (tertiary/aromatic N) is 4. The van der Waals surface area contributed by atoms with E-state index in [9.17, 15) is 22.4 Å². The standard InChI is InChI=1S/C22H24FN5O.C2HF3O2/c1-26-10-12-27(13-11-26)19-8-6-17(7-9-19)22(29)28(20-14-24-25-15-20)16-18-4-2-3-5-21(18)23;3-2(4,5)1(6)7/h2-9,14-15H,10-13,16H2,1H3,(H,24,25);(H,6,7). The Hall–Kier alpha value is -3.93. The number of carbonyl (C=O) groups excluding carboxylic acids is 1. The Labute approximate surface area is 204 Å². The Morgan fingerprint density at radius 1 is 1.06 bits per heavy atom. The largest absolute Gasteiger partial charge is 0.490 e. The zero-order valence-electron chi connectivity index (χ0n) is 19.4. The van der Waals surface area contributed by atoms with E-state index in [1.807, 2.05) is 24.3 Å². The van der Waals surface area contributed by atoms with Gasteiger partial charge in [-0.05, 0) is 37.4 Å². The molecule has 1 aliphatic heterocycles. The average molecular weight is 507 g/mol. The van der Waals surface area contributed by atoms with Crippen molar-refractivity contribution >= 4 is 23.3 Å². The van der Waals surface area contributed by atoms with Crippen molar-refractivity contribution in [3.8, 4) is 0 Å². The summed E-state index contributed by atoms with van der Waals surface area (Å²) in [5.41, 5.74) is 2.72. The van der Waals surface area contributed by atoms with Gasteiger partial charge in [0.05, 0.1) is 18.4 Å². The summed E-state index contributed by atoms with van der Waals surface area (Å²) in [5.74, 6) is -3.29. The van der Waals surface area contributed by atoms with Gasteiger partial charge in [-0.1, -0.05) is 18.2 Å². The van der Waals surface area contributed by atoms with Crippen molar-refractivity contribution in [2.24, 2.45) is 0 Å². The van der Waals surface area contributed by atoms with E-state index in [1.54, 1.807) is 30.6 Å². The maximum absolute atomic E-state index is 14.2. The molecule has 0 aliphatic carbocycles. The Kier molecular flexibility index (Phi) is 8.64. The molecule has 1 aliphatic rings. The fourth-order valence-corrected chi connectivity index (χ4v) is 3.50. The van der Waals surface area contributed by atoms with Crippen LogP contribution >= 0.6 is 0 Å². The lowest BCUT2D eigenvalue weighted by Gasteiger charge is -2.34. The molecule has 36 heavy (non-hydrogen) atoms. The number of aromatic amines is 1. The maximum Gasteiger partial charge on any atom is 0.490 e. The lowest BCUT2D eigenvalue weighted by atomic mass is 10.1. The molecule has 192 valence electrons. The number of halogens is 4. The highest BCUT2D eigenvalue weighted by Gasteiger charge is 2.38. The van der Waals surface area contributed by atoms with Gasteiger partial charge in [0.15, 0.2) is 0 Å². The SMILES string of the molecule is CN1CCN(c2ccc(C(=O)N(Cc3ccccc3F)c3cn[nH]c3)cc2)CC1.O=C(O)C(F)(F)F. The van der Waals surface area contributed by atoms with Crippen LogP contribution in [0.3, 0.4) is 0 Å². The highest BCUT2D eigenvalue weighted by atomic mass is 19.4. The summed E-state index contributed by atoms with van der Waals surface area (Å²) >= 11 is 0. The Morgan fingerprint density at radius 2 is 1.67 bits per heavy atom. The third kappa shape index (κ3) is 7.04. The van der Waals surface area contributed by atoms with E-state index in [4.69, 9.17) is 9.90 Å². The van der Waals surface area contributed by atoms with Gasteiger partial charge in [0.1, 0.15) is 5.82 Å². The Balaban J connectivity index is 0.000000454. The molecular weight excluding hydrogens is 482 g/mol. The van der Waals surface area contributed by atoms with Gasteiger partial charge in [-0.25, -0.2) is 9.18 Å². The fourth-order valence-electron chi connectivity index (χ4n) is 3.50. The number of carboxylic acid groups (broad SMARTS) is 1. The van der Waals surface area contributed by atoms with Gasteiger partial charge in [0.2, 0.25) is 0 Å². The van der Waals surface area contributed by atoms with Crippen molar-refractivity contribution in [2.75, 3.05) is 43.0 Å². The number of amides is 1. The minimum absolute atomic E-state index is 0.130. The van der Waals surface area contributed by atoms with Crippen LogP contribution in [0.5, 0.6) is 0 Å². The van der Waals surface area contributed by atoms with Crippen LogP contribution in [0.1, 0.15) is 15.9 Å². The number of hydrogen-bond acceptors (Lipinski definition) is 5. The molecule has 0 atom stereocenters. The molecule has 8 nitrogen and oxygen atoms in total. The lowest BCUT2D eigenvalue weighted by molar-refractivity contribution is -0.192. The summed E-state index contributed by atoms with van der Waals surface area (Å²) in [6.45, 7) is 4.12. The molecule has 12 heteroatoms. The number of benzene rings is 2. The summed E-state index contributed by atoms with van der Waals surface area (Å²) in [6.07, 6.45) is -1.88. The number of piperazine rings is 1. The molecule has 3 aromatic rings. The molecular formula is C24H25F4N5O3. The minimum atomic E-state index is -5.08. The van der Waals surface area contributed by atoms with Crippen LogP contribution in [-0.2, 0) is 11.3 Å². The summed E-state index contributed by atoms with van der Waals surface area (Å²) < 4.78 is 45.9. The van der Waals surface area contributed by atoms with Crippen LogP contribution in [0.2, 0.25) is 0 Å². The topological polar surface area (TPSA) is 92.8 Å². The number of aromatic nitrogens is 2. The first-order valence-electron chi connectivity index (χ1n) is 10.9. The maximum atomic E-state index is 14.2. The van der Waals surface area contributed by atoms with Gasteiger partial charge >= 0.3 is 12.1 Å². The third-order valence-electron chi connectivity index (χ3n) is 5.55. The van der Waals surface area contributed by atoms with Gasteiger partial charge < -0.3 is 19.8 Å². The number of hydrogen-bond donors (Lipinski definition) is 2. The van der Waals surface area contributed by atoms with Gasteiger partial charge in [-0.2, -0.15) is 18.3 Å². The van der Waals surface area contributed by atoms with E-state index in [-0.39, 0.29) is 18.3 Å². The van der Waals surface area contributed by atoms with Gasteiger partial charge in [-0.3, -0.25) is 9.89 Å². The molecule has 2 N–H and O–H groups in total. The highest BCUT2D eigenvalue weighted by molar-refractivity contribution is 6.06. The second-order valence-electron chi connectivity index (χ2n) is 8.08. The van der Waals surface area contributed by atoms with E-state index < -0.39 is 12.1 Å². The van der Waals surface area contributed by atoms with Gasteiger partial charge in [-0.15, -0.1) is 0 Å². The number of H-pyrrole nitrogens is 1. The van der Waals surface area contributed by atoms with E-state index in [1.165, 1.54) is 11.0 Å². The van der Waals surface area contributed by atoms with Crippen molar-refractivity contribution in [2.45, 2.75) is 12.7 Å². The molecule has 1 saturated heterocycles. The van der Waals surface area contributed by atoms with E-state index in [0.29, 0.717) is 16.8 Å². The summed E-state index contributed by atoms with van der Waals surface area (Å²) in [7, 11) is 2.12. The number of likely N-dealkylation sites (N-methyl/N-ethyl adjacent to an activating group) is 1. The highest BCUT2D eigenvalue weighted by Crippen LogP contribution is 2.22. The van der Waals surface area contributed by atoms with Crippen LogP contribution in [0.15, 0.2) is 60.9 Å². The molecule has 0 radical (unpaired) electrons. The average Bonchev–Trinajstić information content (AvgIpc) is 3.38. The molecule has 0 unspecified atom stereocenters. The van der Waals surface area contributed by atoms with Crippen molar-refractivity contribution in [1.82, 2.24) is 15.1 Å². The molecule has 1 amide bonds. The quantitative estimate of drug-likeness (QED) is 0.511. The fraction of sp³-hybridized carbons (Fsp3) is 0.292. The van der Waals surface area contributed by atoms with Crippen molar-refractivity contribution in [3.05, 3.63) is 77.9 Å². The van der Waals surface area contributed by atoms with Gasteiger partial charge in [0.25, 0.3) is 5.91 Å². The van der Waals surface area contributed by atoms with Gasteiger partial charge in [0, 0.05) is 49.2 Å². The van der Waals surface area contributed by atoms with Crippen LogP contribution in [0.25, 0.3) is 0 Å². The molecule has 0 bridgehead atoms. The number of nitrogens with one attached hydrogen (secondary N) is 1. The molecule has 0 spiro atoms. The zero-order valence-corrected chi connectivity index (χ0v) is 19.4. The van der Waals surface area contributed by atoms with Crippen molar-refractivity contribution < 1.29 is 32.3 Å². The summed E-state index contributed by atoms with van der Waals surface area (Å²) in [5, 5.41) is 13.8. The number of carboxylic acids is 1. The number of carbonyl (C=O) groups is 2. The molecule has 2 aromatic carbocycles. The summed E-state index contributed by atoms with van der Waals surface area (Å²) in [6, 6.07) is 14.1. The molecule has 0 saturated carbocycles. The Bertz CT molecular complexity index is 1150. The summed E-state index contributed by atoms with van der Waals surface area (Å²) in [4.78, 5) is 28.3. The van der Waals surface area contributed by atoms with E-state index in [2.05, 4.69) is 27.0 Å². The van der Waals surface area contributed by atoms with Crippen molar-refractivity contribution in [3.63, 3.8) is 0 Å². The van der Waals surface area contributed by atoms with Crippen LogP contribution < -0.4 is 9.80 Å². The predicted octanol–water partition coefficient (Wildman–Crippen LogP) is 3.78. The Morgan fingerprint density at radius 3 is 2.19 bits per heavy atom. The smallest absolute Gasteiger partial charge is 0.475 e. The van der Waals surface area contributed by atoms with Crippen molar-refractivity contribution in [1.29, 1.82) is 0 Å². The molecule has 2 heterocycles. The second kappa shape index (κ2) is 11.7. The second-order valence-corrected chi connectivity index (χ2v) is 8.08. The molecule has 4 rings (SSSR count).